The Kier molecular flexibility index (Phi) is 5.87. The molecule has 0 spiro atoms. The first-order valence-electron chi connectivity index (χ1n) is 9.18. The van der Waals surface area contributed by atoms with E-state index in [1.807, 2.05) is 18.2 Å². The number of likely N-dealkylation sites (tertiary alicyclic amines) is 1. The number of carbonyl (C=O) groups is 1. The maximum atomic E-state index is 11.2. The smallest absolute Gasteiger partial charge is 0.248 e. The Labute approximate surface area is 144 Å². The van der Waals surface area contributed by atoms with E-state index in [1.54, 1.807) is 6.07 Å². The minimum Gasteiger partial charge on any atom is -0.391 e. The molecule has 1 aliphatic heterocycles. The van der Waals surface area contributed by atoms with Gasteiger partial charge in [0.05, 0.1) is 6.10 Å². The number of aliphatic hydroxyl groups is 1. The van der Waals surface area contributed by atoms with Crippen LogP contribution >= 0.6 is 0 Å². The van der Waals surface area contributed by atoms with E-state index in [2.05, 4.69) is 10.2 Å². The summed E-state index contributed by atoms with van der Waals surface area (Å²) in [6.07, 6.45) is 6.59. The monoisotopic (exact) mass is 331 g/mol. The SMILES string of the molecule is NC(=O)c1cccc(CNC2CCN(C3CCCCC3O)CC2)c1. The molecule has 132 valence electrons. The second-order valence-electron chi connectivity index (χ2n) is 7.17. The van der Waals surface area contributed by atoms with Gasteiger partial charge in [-0.2, -0.15) is 0 Å². The number of nitrogens with zero attached hydrogens (tertiary/aromatic N) is 1. The Morgan fingerprint density at radius 3 is 2.67 bits per heavy atom. The van der Waals surface area contributed by atoms with Crippen molar-refractivity contribution < 1.29 is 9.90 Å². The summed E-state index contributed by atoms with van der Waals surface area (Å²) in [5.74, 6) is -0.379. The fourth-order valence-electron chi connectivity index (χ4n) is 4.05. The number of primary amides is 1. The van der Waals surface area contributed by atoms with E-state index in [1.165, 1.54) is 12.8 Å². The van der Waals surface area contributed by atoms with Gasteiger partial charge in [-0.05, 0) is 43.4 Å². The molecule has 1 heterocycles. The maximum absolute atomic E-state index is 11.2. The molecule has 0 bridgehead atoms. The van der Waals surface area contributed by atoms with Gasteiger partial charge in [0, 0.05) is 37.3 Å². The Morgan fingerprint density at radius 2 is 1.96 bits per heavy atom. The van der Waals surface area contributed by atoms with Crippen LogP contribution in [0.1, 0.15) is 54.4 Å². The number of nitrogens with two attached hydrogens (primary N) is 1. The summed E-state index contributed by atoms with van der Waals surface area (Å²) in [7, 11) is 0. The normalized spacial score (nSPS) is 26.4. The van der Waals surface area contributed by atoms with Crippen LogP contribution < -0.4 is 11.1 Å². The first-order chi connectivity index (χ1) is 11.6. The zero-order chi connectivity index (χ0) is 16.9. The van der Waals surface area contributed by atoms with Crippen LogP contribution in [0.2, 0.25) is 0 Å². The van der Waals surface area contributed by atoms with Crippen LogP contribution in [0.4, 0.5) is 0 Å². The standard InChI is InChI=1S/C19H29N3O2/c20-19(24)15-5-3-4-14(12-15)13-21-16-8-10-22(11-9-16)17-6-1-2-7-18(17)23/h3-5,12,16-18,21,23H,1-2,6-11,13H2,(H2,20,24). The summed E-state index contributed by atoms with van der Waals surface area (Å²) in [5.41, 5.74) is 6.99. The summed E-state index contributed by atoms with van der Waals surface area (Å²) in [4.78, 5) is 13.7. The third kappa shape index (κ3) is 4.35. The van der Waals surface area contributed by atoms with E-state index in [9.17, 15) is 9.90 Å². The first-order valence-corrected chi connectivity index (χ1v) is 9.18. The Bertz CT molecular complexity index is 555. The number of carbonyl (C=O) groups excluding carboxylic acids is 1. The lowest BCUT2D eigenvalue weighted by Crippen LogP contribution is -2.51. The number of hydrogen-bond acceptors (Lipinski definition) is 4. The number of aliphatic hydroxyl groups excluding tert-OH is 1. The summed E-state index contributed by atoms with van der Waals surface area (Å²) in [5, 5.41) is 13.8. The van der Waals surface area contributed by atoms with E-state index in [4.69, 9.17) is 5.73 Å². The number of hydrogen-bond donors (Lipinski definition) is 3. The van der Waals surface area contributed by atoms with Gasteiger partial charge in [0.25, 0.3) is 0 Å². The number of benzene rings is 1. The topological polar surface area (TPSA) is 78.6 Å². The van der Waals surface area contributed by atoms with Gasteiger partial charge in [0.15, 0.2) is 0 Å². The predicted molar refractivity (Wildman–Crippen MR) is 94.7 cm³/mol. The molecule has 1 aromatic carbocycles. The van der Waals surface area contributed by atoms with Crippen molar-refractivity contribution in [2.24, 2.45) is 5.73 Å². The van der Waals surface area contributed by atoms with Crippen LogP contribution in [0.25, 0.3) is 0 Å². The lowest BCUT2D eigenvalue weighted by atomic mass is 9.89. The number of rotatable bonds is 5. The van der Waals surface area contributed by atoms with Crippen molar-refractivity contribution in [1.82, 2.24) is 10.2 Å². The van der Waals surface area contributed by atoms with E-state index in [0.29, 0.717) is 17.6 Å². The molecular weight excluding hydrogens is 302 g/mol. The summed E-state index contributed by atoms with van der Waals surface area (Å²) in [6.45, 7) is 2.87. The molecule has 2 aliphatic rings. The molecule has 4 N–H and O–H groups in total. The van der Waals surface area contributed by atoms with Gasteiger partial charge in [-0.3, -0.25) is 9.69 Å². The molecule has 5 nitrogen and oxygen atoms in total. The Balaban J connectivity index is 1.45. The molecule has 1 amide bonds. The zero-order valence-electron chi connectivity index (χ0n) is 14.3. The Morgan fingerprint density at radius 1 is 1.21 bits per heavy atom. The predicted octanol–water partition coefficient (Wildman–Crippen LogP) is 1.64. The molecular formula is C19H29N3O2. The van der Waals surface area contributed by atoms with Crippen molar-refractivity contribution in [3.8, 4) is 0 Å². The van der Waals surface area contributed by atoms with Crippen molar-refractivity contribution in [3.05, 3.63) is 35.4 Å². The van der Waals surface area contributed by atoms with Crippen LogP contribution in [0.3, 0.4) is 0 Å². The fraction of sp³-hybridized carbons (Fsp3) is 0.632. The average Bonchev–Trinajstić information content (AvgIpc) is 2.61. The molecule has 1 saturated heterocycles. The highest BCUT2D eigenvalue weighted by Gasteiger charge is 2.31. The van der Waals surface area contributed by atoms with E-state index < -0.39 is 0 Å². The third-order valence-electron chi connectivity index (χ3n) is 5.50. The molecule has 1 aliphatic carbocycles. The lowest BCUT2D eigenvalue weighted by Gasteiger charge is -2.41. The molecule has 1 saturated carbocycles. The molecule has 24 heavy (non-hydrogen) atoms. The summed E-state index contributed by atoms with van der Waals surface area (Å²) in [6, 6.07) is 8.38. The molecule has 2 atom stereocenters. The van der Waals surface area contributed by atoms with Crippen LogP contribution in [0, 0.1) is 0 Å². The summed E-state index contributed by atoms with van der Waals surface area (Å²) >= 11 is 0. The maximum Gasteiger partial charge on any atom is 0.248 e. The average molecular weight is 331 g/mol. The minimum atomic E-state index is -0.379. The van der Waals surface area contributed by atoms with Gasteiger partial charge < -0.3 is 16.2 Å². The van der Waals surface area contributed by atoms with Crippen molar-refractivity contribution in [3.63, 3.8) is 0 Å². The molecule has 0 aromatic heterocycles. The highest BCUT2D eigenvalue weighted by atomic mass is 16.3. The molecule has 1 aromatic rings. The van der Waals surface area contributed by atoms with Gasteiger partial charge in [-0.1, -0.05) is 25.0 Å². The van der Waals surface area contributed by atoms with Crippen LogP contribution in [-0.2, 0) is 6.54 Å². The zero-order valence-corrected chi connectivity index (χ0v) is 14.3. The van der Waals surface area contributed by atoms with Gasteiger partial charge >= 0.3 is 0 Å². The van der Waals surface area contributed by atoms with Crippen molar-refractivity contribution >= 4 is 5.91 Å². The van der Waals surface area contributed by atoms with Gasteiger partial charge in [-0.25, -0.2) is 0 Å². The third-order valence-corrected chi connectivity index (χ3v) is 5.50. The molecule has 3 rings (SSSR count). The van der Waals surface area contributed by atoms with Crippen molar-refractivity contribution in [2.45, 2.75) is 63.3 Å². The summed E-state index contributed by atoms with van der Waals surface area (Å²) < 4.78 is 0. The number of amides is 1. The van der Waals surface area contributed by atoms with E-state index in [0.717, 1.165) is 50.9 Å². The van der Waals surface area contributed by atoms with Gasteiger partial charge in [0.1, 0.15) is 0 Å². The second kappa shape index (κ2) is 8.10. The quantitative estimate of drug-likeness (QED) is 0.766. The van der Waals surface area contributed by atoms with Crippen LogP contribution in [0.15, 0.2) is 24.3 Å². The first kappa shape index (κ1) is 17.4. The van der Waals surface area contributed by atoms with Crippen LogP contribution in [-0.4, -0.2) is 47.2 Å². The largest absolute Gasteiger partial charge is 0.391 e. The fourth-order valence-corrected chi connectivity index (χ4v) is 4.05. The van der Waals surface area contributed by atoms with E-state index in [-0.39, 0.29) is 12.0 Å². The Hall–Kier alpha value is -1.43. The minimum absolute atomic E-state index is 0.139. The van der Waals surface area contributed by atoms with Crippen molar-refractivity contribution in [1.29, 1.82) is 0 Å². The van der Waals surface area contributed by atoms with E-state index >= 15 is 0 Å². The molecule has 2 unspecified atom stereocenters. The van der Waals surface area contributed by atoms with Gasteiger partial charge in [0.2, 0.25) is 5.91 Å². The highest BCUT2D eigenvalue weighted by Crippen LogP contribution is 2.26. The van der Waals surface area contributed by atoms with Gasteiger partial charge in [-0.15, -0.1) is 0 Å². The number of piperidine rings is 1. The number of nitrogens with one attached hydrogen (secondary N) is 1. The van der Waals surface area contributed by atoms with Crippen LogP contribution in [0.5, 0.6) is 0 Å². The molecule has 0 radical (unpaired) electrons. The molecule has 2 fully saturated rings. The van der Waals surface area contributed by atoms with Crippen molar-refractivity contribution in [2.75, 3.05) is 13.1 Å². The highest BCUT2D eigenvalue weighted by molar-refractivity contribution is 5.92. The molecule has 5 heteroatoms. The lowest BCUT2D eigenvalue weighted by molar-refractivity contribution is 0.00714. The second-order valence-corrected chi connectivity index (χ2v) is 7.17.